The van der Waals surface area contributed by atoms with Crippen LogP contribution >= 0.6 is 0 Å². The van der Waals surface area contributed by atoms with E-state index in [0.29, 0.717) is 16.6 Å². The first-order chi connectivity index (χ1) is 10.2. The quantitative estimate of drug-likeness (QED) is 0.388. The lowest BCUT2D eigenvalue weighted by Gasteiger charge is -2.39. The number of terminal acetylenes is 2. The van der Waals surface area contributed by atoms with E-state index < -0.39 is 13.9 Å². The molecule has 0 N–H and O–H groups in total. The summed E-state index contributed by atoms with van der Waals surface area (Å²) in [5.74, 6) is 5.88. The van der Waals surface area contributed by atoms with Crippen molar-refractivity contribution in [3.05, 3.63) is 23.8 Å². The van der Waals surface area contributed by atoms with Crippen LogP contribution in [0.4, 0.5) is 0 Å². The molecule has 0 spiro atoms. The molecular weight excluding hydrogens is 284 g/mol. The number of allylic oxidation sites excluding steroid dienone is 2. The molecule has 1 rings (SSSR count). The lowest BCUT2D eigenvalue weighted by Crippen LogP contribution is -2.47. The molecule has 0 bridgehead atoms. The van der Waals surface area contributed by atoms with Gasteiger partial charge in [-0.05, 0) is 29.6 Å². The molecule has 120 valence electrons. The Morgan fingerprint density at radius 2 is 1.73 bits per heavy atom. The van der Waals surface area contributed by atoms with Crippen LogP contribution in [-0.4, -0.2) is 13.9 Å². The molecular formula is C20H30OSi. The van der Waals surface area contributed by atoms with Crippen LogP contribution in [0.5, 0.6) is 0 Å². The molecule has 1 nitrogen and oxygen atoms in total. The van der Waals surface area contributed by atoms with Crippen LogP contribution in [0.3, 0.4) is 0 Å². The average molecular weight is 315 g/mol. The Kier molecular flexibility index (Phi) is 5.91. The minimum atomic E-state index is -2.02. The maximum Gasteiger partial charge on any atom is 0.203 e. The second-order valence-electron chi connectivity index (χ2n) is 6.99. The summed E-state index contributed by atoms with van der Waals surface area (Å²) in [4.78, 5) is 0. The Morgan fingerprint density at radius 1 is 1.18 bits per heavy atom. The van der Waals surface area contributed by atoms with Crippen LogP contribution < -0.4 is 0 Å². The van der Waals surface area contributed by atoms with Crippen molar-refractivity contribution in [1.82, 2.24) is 0 Å². The molecule has 3 atom stereocenters. The highest BCUT2D eigenvalue weighted by Crippen LogP contribution is 2.58. The Morgan fingerprint density at radius 3 is 2.05 bits per heavy atom. The molecule has 0 aromatic carbocycles. The molecule has 1 fully saturated rings. The van der Waals surface area contributed by atoms with Crippen LogP contribution in [0.2, 0.25) is 16.6 Å². The van der Waals surface area contributed by atoms with Crippen molar-refractivity contribution in [2.75, 3.05) is 0 Å². The molecule has 3 unspecified atom stereocenters. The lowest BCUT2D eigenvalue weighted by atomic mass is 9.80. The van der Waals surface area contributed by atoms with Gasteiger partial charge in [-0.3, -0.25) is 0 Å². The van der Waals surface area contributed by atoms with Crippen LogP contribution in [0.25, 0.3) is 0 Å². The van der Waals surface area contributed by atoms with E-state index in [2.05, 4.69) is 53.4 Å². The predicted molar refractivity (Wildman–Crippen MR) is 98.9 cm³/mol. The zero-order chi connectivity index (χ0) is 17.1. The smallest absolute Gasteiger partial charge is 0.203 e. The third-order valence-electron chi connectivity index (χ3n) is 5.47. The molecule has 2 heteroatoms. The molecule has 0 aromatic heterocycles. The van der Waals surface area contributed by atoms with Crippen molar-refractivity contribution >= 4 is 8.32 Å². The highest BCUT2D eigenvalue weighted by atomic mass is 28.4. The van der Waals surface area contributed by atoms with Crippen molar-refractivity contribution in [1.29, 1.82) is 0 Å². The molecule has 1 saturated heterocycles. The van der Waals surface area contributed by atoms with Gasteiger partial charge in [0.25, 0.3) is 0 Å². The van der Waals surface area contributed by atoms with Crippen molar-refractivity contribution < 1.29 is 4.43 Å². The van der Waals surface area contributed by atoms with E-state index in [0.717, 1.165) is 5.57 Å². The van der Waals surface area contributed by atoms with Crippen LogP contribution in [0.15, 0.2) is 23.8 Å². The summed E-state index contributed by atoms with van der Waals surface area (Å²) in [6.07, 6.45) is 17.3. The SMILES string of the molecule is C#CC=C(C=CC)C1(C#C)O[Si](C(C)C)(C(C)C)C(C)C1C. The molecule has 0 radical (unpaired) electrons. The van der Waals surface area contributed by atoms with E-state index in [1.165, 1.54) is 0 Å². The van der Waals surface area contributed by atoms with Gasteiger partial charge >= 0.3 is 0 Å². The van der Waals surface area contributed by atoms with Crippen molar-refractivity contribution in [3.63, 3.8) is 0 Å². The van der Waals surface area contributed by atoms with Gasteiger partial charge in [-0.15, -0.1) is 12.8 Å². The van der Waals surface area contributed by atoms with E-state index >= 15 is 0 Å². The Labute approximate surface area is 138 Å². The molecule has 22 heavy (non-hydrogen) atoms. The Hall–Kier alpha value is -1.22. The predicted octanol–water partition coefficient (Wildman–Crippen LogP) is 5.32. The minimum Gasteiger partial charge on any atom is -0.396 e. The molecule has 0 amide bonds. The first-order valence-corrected chi connectivity index (χ1v) is 10.4. The highest BCUT2D eigenvalue weighted by molar-refractivity contribution is 6.78. The summed E-state index contributed by atoms with van der Waals surface area (Å²) in [7, 11) is -2.02. The third kappa shape index (κ3) is 2.60. The molecule has 1 aliphatic rings. The van der Waals surface area contributed by atoms with Crippen LogP contribution in [0, 0.1) is 30.6 Å². The summed E-state index contributed by atoms with van der Waals surface area (Å²) in [6, 6.07) is 0. The fourth-order valence-electron chi connectivity index (χ4n) is 4.28. The van der Waals surface area contributed by atoms with E-state index in [4.69, 9.17) is 17.3 Å². The van der Waals surface area contributed by atoms with Gasteiger partial charge in [-0.25, -0.2) is 0 Å². The fraction of sp³-hybridized carbons (Fsp3) is 0.600. The second-order valence-corrected chi connectivity index (χ2v) is 12.1. The summed E-state index contributed by atoms with van der Waals surface area (Å²) in [6.45, 7) is 15.6. The van der Waals surface area contributed by atoms with Gasteiger partial charge in [0.1, 0.15) is 5.60 Å². The molecule has 1 heterocycles. The average Bonchev–Trinajstić information content (AvgIpc) is 2.70. The standard InChI is InChI=1S/C20H30OSi/c1-10-13-19(14-11-2)20(12-3)17(8)18(9)22(21-20,15(4)5)16(6)7/h1,3,11,13-18H,2,4-9H3. The zero-order valence-corrected chi connectivity index (χ0v) is 16.1. The van der Waals surface area contributed by atoms with Crippen LogP contribution in [0.1, 0.15) is 48.5 Å². The number of hydrogen-bond donors (Lipinski definition) is 0. The van der Waals surface area contributed by atoms with E-state index in [-0.39, 0.29) is 5.92 Å². The third-order valence-corrected chi connectivity index (χ3v) is 11.7. The summed E-state index contributed by atoms with van der Waals surface area (Å²) in [5.41, 5.74) is 1.75. The lowest BCUT2D eigenvalue weighted by molar-refractivity contribution is 0.144. The number of hydrogen-bond acceptors (Lipinski definition) is 1. The van der Waals surface area contributed by atoms with E-state index in [1.54, 1.807) is 6.08 Å². The minimum absolute atomic E-state index is 0.254. The summed E-state index contributed by atoms with van der Waals surface area (Å²) >= 11 is 0. The Balaban J connectivity index is 3.57. The Bertz CT molecular complexity index is 533. The van der Waals surface area contributed by atoms with Crippen molar-refractivity contribution in [2.24, 2.45) is 5.92 Å². The van der Waals surface area contributed by atoms with Gasteiger partial charge in [-0.1, -0.05) is 65.5 Å². The fourth-order valence-corrected chi connectivity index (χ4v) is 10.3. The van der Waals surface area contributed by atoms with Gasteiger partial charge in [0.05, 0.1) is 0 Å². The monoisotopic (exact) mass is 314 g/mol. The molecule has 1 aliphatic heterocycles. The first kappa shape index (κ1) is 18.8. The molecule has 0 saturated carbocycles. The number of rotatable bonds is 4. The van der Waals surface area contributed by atoms with Crippen molar-refractivity contribution in [2.45, 2.75) is 70.7 Å². The van der Waals surface area contributed by atoms with Gasteiger partial charge in [0.2, 0.25) is 8.32 Å². The summed E-state index contributed by atoms with van der Waals surface area (Å²) < 4.78 is 6.89. The topological polar surface area (TPSA) is 9.23 Å². The van der Waals surface area contributed by atoms with Gasteiger partial charge in [0.15, 0.2) is 0 Å². The highest BCUT2D eigenvalue weighted by Gasteiger charge is 2.63. The van der Waals surface area contributed by atoms with E-state index in [9.17, 15) is 0 Å². The maximum atomic E-state index is 6.89. The first-order valence-electron chi connectivity index (χ1n) is 8.21. The van der Waals surface area contributed by atoms with E-state index in [1.807, 2.05) is 19.1 Å². The van der Waals surface area contributed by atoms with Gasteiger partial charge in [-0.2, -0.15) is 0 Å². The maximum absolute atomic E-state index is 6.89. The largest absolute Gasteiger partial charge is 0.396 e. The summed E-state index contributed by atoms with van der Waals surface area (Å²) in [5, 5.41) is 0. The van der Waals surface area contributed by atoms with Crippen molar-refractivity contribution in [3.8, 4) is 24.7 Å². The normalized spacial score (nSPS) is 31.7. The second kappa shape index (κ2) is 6.91. The van der Waals surface area contributed by atoms with Crippen LogP contribution in [-0.2, 0) is 4.43 Å². The molecule has 0 aromatic rings. The molecule has 0 aliphatic carbocycles. The van der Waals surface area contributed by atoms with Gasteiger partial charge < -0.3 is 4.43 Å². The zero-order valence-electron chi connectivity index (χ0n) is 15.1. The van der Waals surface area contributed by atoms with Gasteiger partial charge in [0, 0.05) is 11.5 Å².